The number of fused-ring (bicyclic) bond motifs is 2. The highest BCUT2D eigenvalue weighted by Crippen LogP contribution is 2.27. The van der Waals surface area contributed by atoms with E-state index in [9.17, 15) is 14.4 Å². The van der Waals surface area contributed by atoms with Gasteiger partial charge in [0, 0.05) is 13.1 Å². The Bertz CT molecular complexity index is 833. The molecule has 8 nitrogen and oxygen atoms in total. The van der Waals surface area contributed by atoms with Crippen molar-refractivity contribution in [3.8, 4) is 0 Å². The predicted molar refractivity (Wildman–Crippen MR) is 101 cm³/mol. The number of rotatable bonds is 6. The van der Waals surface area contributed by atoms with E-state index in [1.54, 1.807) is 0 Å². The molecule has 0 fully saturated rings. The van der Waals surface area contributed by atoms with Crippen LogP contribution in [0.4, 0.5) is 0 Å². The van der Waals surface area contributed by atoms with Gasteiger partial charge >= 0.3 is 17.9 Å². The lowest BCUT2D eigenvalue weighted by Crippen LogP contribution is -2.42. The summed E-state index contributed by atoms with van der Waals surface area (Å²) in [6, 6.07) is 13.3. The molecular formula is C20H23NO7. The number of hydrogen-bond acceptors (Lipinski definition) is 5. The van der Waals surface area contributed by atoms with E-state index in [1.165, 1.54) is 21.9 Å². The van der Waals surface area contributed by atoms with Crippen LogP contribution in [0.25, 0.3) is 10.8 Å². The number of aliphatic hydroxyl groups is 1. The standard InChI is InChI=1S/C14H15N.C6H8O7/c1-2-15-9-13-7-11-5-3-4-6-12(11)8-14(13)10-15;7-3(8)1-6(13,5(11)12)2-4(9)10/h3-8H,2,9-10H2,1H3;13H,1-2H2,(H,7,8)(H,9,10)(H,11,12). The van der Waals surface area contributed by atoms with Gasteiger partial charge < -0.3 is 20.4 Å². The zero-order valence-corrected chi connectivity index (χ0v) is 15.5. The summed E-state index contributed by atoms with van der Waals surface area (Å²) < 4.78 is 0. The molecule has 8 heteroatoms. The average Bonchev–Trinajstić information content (AvgIpc) is 3.00. The molecule has 1 aliphatic rings. The second-order valence-electron chi connectivity index (χ2n) is 6.75. The lowest BCUT2D eigenvalue weighted by Gasteiger charge is -2.18. The molecule has 0 atom stereocenters. The summed E-state index contributed by atoms with van der Waals surface area (Å²) >= 11 is 0. The maximum Gasteiger partial charge on any atom is 0.336 e. The highest BCUT2D eigenvalue weighted by molar-refractivity contribution is 5.88. The molecule has 0 bridgehead atoms. The predicted octanol–water partition coefficient (Wildman–Crippen LogP) is 1.93. The van der Waals surface area contributed by atoms with Crippen LogP contribution in [0.2, 0.25) is 0 Å². The summed E-state index contributed by atoms with van der Waals surface area (Å²) in [6.07, 6.45) is -2.29. The summed E-state index contributed by atoms with van der Waals surface area (Å²) in [5.41, 5.74) is 0.281. The molecular weight excluding hydrogens is 366 g/mol. The van der Waals surface area contributed by atoms with Gasteiger partial charge in [-0.3, -0.25) is 14.5 Å². The van der Waals surface area contributed by atoms with Crippen LogP contribution in [0.3, 0.4) is 0 Å². The molecule has 0 aliphatic carbocycles. The number of hydrogen-bond donors (Lipinski definition) is 4. The number of nitrogens with zero attached hydrogens (tertiary/aromatic N) is 1. The zero-order chi connectivity index (χ0) is 20.9. The third kappa shape index (κ3) is 5.28. The minimum atomic E-state index is -2.74. The summed E-state index contributed by atoms with van der Waals surface area (Å²) in [5.74, 6) is -5.02. The molecule has 2 aromatic rings. The third-order valence-corrected chi connectivity index (χ3v) is 4.59. The Morgan fingerprint density at radius 3 is 1.68 bits per heavy atom. The molecule has 1 aliphatic heterocycles. The first-order valence-corrected chi connectivity index (χ1v) is 8.77. The number of carboxylic acid groups (broad SMARTS) is 3. The van der Waals surface area contributed by atoms with Crippen molar-refractivity contribution >= 4 is 28.7 Å². The Balaban J connectivity index is 0.000000204. The average molecular weight is 389 g/mol. The van der Waals surface area contributed by atoms with E-state index < -0.39 is 36.4 Å². The van der Waals surface area contributed by atoms with E-state index >= 15 is 0 Å². The quantitative estimate of drug-likeness (QED) is 0.588. The number of aliphatic carboxylic acids is 3. The van der Waals surface area contributed by atoms with Gasteiger partial charge in [-0.25, -0.2) is 4.79 Å². The maximum absolute atomic E-state index is 10.3. The minimum Gasteiger partial charge on any atom is -0.481 e. The van der Waals surface area contributed by atoms with Crippen LogP contribution in [0.1, 0.15) is 30.9 Å². The molecule has 0 saturated carbocycles. The van der Waals surface area contributed by atoms with E-state index in [0.717, 1.165) is 19.6 Å². The lowest BCUT2D eigenvalue weighted by atomic mass is 9.96. The smallest absolute Gasteiger partial charge is 0.336 e. The molecule has 4 N–H and O–H groups in total. The van der Waals surface area contributed by atoms with Crippen molar-refractivity contribution in [2.24, 2.45) is 0 Å². The van der Waals surface area contributed by atoms with Crippen LogP contribution < -0.4 is 0 Å². The number of carboxylic acids is 3. The van der Waals surface area contributed by atoms with Crippen LogP contribution in [0.5, 0.6) is 0 Å². The molecule has 0 unspecified atom stereocenters. The fraction of sp³-hybridized carbons (Fsp3) is 0.350. The van der Waals surface area contributed by atoms with Crippen molar-refractivity contribution in [1.82, 2.24) is 4.90 Å². The Hall–Kier alpha value is -2.97. The first kappa shape index (κ1) is 21.3. The lowest BCUT2D eigenvalue weighted by molar-refractivity contribution is -0.170. The first-order chi connectivity index (χ1) is 13.1. The van der Waals surface area contributed by atoms with Crippen molar-refractivity contribution in [3.63, 3.8) is 0 Å². The van der Waals surface area contributed by atoms with E-state index in [2.05, 4.69) is 48.2 Å². The molecule has 0 amide bonds. The maximum atomic E-state index is 10.3. The summed E-state index contributed by atoms with van der Waals surface area (Å²) in [6.45, 7) is 5.62. The van der Waals surface area contributed by atoms with Gasteiger partial charge in [0.25, 0.3) is 0 Å². The van der Waals surface area contributed by atoms with E-state index in [4.69, 9.17) is 20.4 Å². The Morgan fingerprint density at radius 2 is 1.36 bits per heavy atom. The van der Waals surface area contributed by atoms with Crippen LogP contribution >= 0.6 is 0 Å². The monoisotopic (exact) mass is 389 g/mol. The SMILES string of the molecule is CCN1Cc2cc3ccccc3cc2C1.O=C(O)CC(O)(CC(=O)O)C(=O)O. The van der Waals surface area contributed by atoms with Gasteiger partial charge in [0.05, 0.1) is 12.8 Å². The van der Waals surface area contributed by atoms with Crippen LogP contribution in [-0.4, -0.2) is 55.4 Å². The molecule has 3 rings (SSSR count). The molecule has 2 aromatic carbocycles. The van der Waals surface area contributed by atoms with Crippen molar-refractivity contribution in [2.75, 3.05) is 6.54 Å². The van der Waals surface area contributed by atoms with Crippen molar-refractivity contribution in [3.05, 3.63) is 47.5 Å². The molecule has 0 aromatic heterocycles. The zero-order valence-electron chi connectivity index (χ0n) is 15.5. The molecule has 0 spiro atoms. The van der Waals surface area contributed by atoms with Gasteiger partial charge in [0.1, 0.15) is 0 Å². The summed E-state index contributed by atoms with van der Waals surface area (Å²) in [5, 5.41) is 36.6. The largest absolute Gasteiger partial charge is 0.481 e. The van der Waals surface area contributed by atoms with Crippen LogP contribution in [-0.2, 0) is 27.5 Å². The van der Waals surface area contributed by atoms with Gasteiger partial charge in [0.2, 0.25) is 0 Å². The van der Waals surface area contributed by atoms with E-state index in [1.807, 2.05) is 0 Å². The summed E-state index contributed by atoms with van der Waals surface area (Å²) in [7, 11) is 0. The summed E-state index contributed by atoms with van der Waals surface area (Å²) in [4.78, 5) is 33.0. The van der Waals surface area contributed by atoms with Crippen LogP contribution in [0.15, 0.2) is 36.4 Å². The minimum absolute atomic E-state index is 1.12. The van der Waals surface area contributed by atoms with Gasteiger partial charge in [-0.2, -0.15) is 0 Å². The topological polar surface area (TPSA) is 135 Å². The van der Waals surface area contributed by atoms with E-state index in [0.29, 0.717) is 0 Å². The fourth-order valence-corrected chi connectivity index (χ4v) is 3.10. The van der Waals surface area contributed by atoms with Crippen molar-refractivity contribution in [2.45, 2.75) is 38.5 Å². The van der Waals surface area contributed by atoms with Gasteiger partial charge in [-0.15, -0.1) is 0 Å². The molecule has 0 radical (unpaired) electrons. The van der Waals surface area contributed by atoms with Gasteiger partial charge in [-0.05, 0) is 40.6 Å². The Morgan fingerprint density at radius 1 is 0.929 bits per heavy atom. The van der Waals surface area contributed by atoms with E-state index in [-0.39, 0.29) is 0 Å². The highest BCUT2D eigenvalue weighted by atomic mass is 16.4. The van der Waals surface area contributed by atoms with Crippen molar-refractivity contribution < 1.29 is 34.8 Å². The Kier molecular flexibility index (Phi) is 6.71. The highest BCUT2D eigenvalue weighted by Gasteiger charge is 2.40. The molecule has 28 heavy (non-hydrogen) atoms. The molecule has 1 heterocycles. The Labute approximate surface area is 161 Å². The van der Waals surface area contributed by atoms with Gasteiger partial charge in [-0.1, -0.05) is 31.2 Å². The van der Waals surface area contributed by atoms with Crippen molar-refractivity contribution in [1.29, 1.82) is 0 Å². The molecule has 0 saturated heterocycles. The fourth-order valence-electron chi connectivity index (χ4n) is 3.10. The van der Waals surface area contributed by atoms with Crippen LogP contribution in [0, 0.1) is 0 Å². The second-order valence-corrected chi connectivity index (χ2v) is 6.75. The second kappa shape index (κ2) is 8.81. The first-order valence-electron chi connectivity index (χ1n) is 8.77. The molecule has 150 valence electrons. The van der Waals surface area contributed by atoms with Gasteiger partial charge in [0.15, 0.2) is 5.60 Å². The number of carbonyl (C=O) groups is 3. The normalized spacial score (nSPS) is 13.5. The number of benzene rings is 2. The third-order valence-electron chi connectivity index (χ3n) is 4.59.